The van der Waals surface area contributed by atoms with E-state index in [4.69, 9.17) is 9.47 Å². The third-order valence-electron chi connectivity index (χ3n) is 5.40. The van der Waals surface area contributed by atoms with Crippen LogP contribution in [0.5, 0.6) is 11.5 Å². The van der Waals surface area contributed by atoms with Crippen molar-refractivity contribution in [1.29, 1.82) is 0 Å². The van der Waals surface area contributed by atoms with Gasteiger partial charge in [0.25, 0.3) is 0 Å². The van der Waals surface area contributed by atoms with Gasteiger partial charge in [-0.05, 0) is 24.3 Å². The second-order valence-corrected chi connectivity index (χ2v) is 11.0. The molecule has 0 atom stereocenters. The molecule has 0 saturated carbocycles. The number of sulfonamides is 2. The first-order valence-corrected chi connectivity index (χ1v) is 12.7. The fourth-order valence-electron chi connectivity index (χ4n) is 3.70. The van der Waals surface area contributed by atoms with Crippen molar-refractivity contribution < 1.29 is 26.3 Å². The average Bonchev–Trinajstić information content (AvgIpc) is 2.83. The van der Waals surface area contributed by atoms with E-state index >= 15 is 0 Å². The molecule has 4 rings (SSSR count). The smallest absolute Gasteiger partial charge is 0.245 e. The predicted octanol–water partition coefficient (Wildman–Crippen LogP) is 1.95. The fraction of sp³-hybridized carbons (Fsp3) is 0.286. The summed E-state index contributed by atoms with van der Waals surface area (Å²) in [6.07, 6.45) is 1.55. The van der Waals surface area contributed by atoms with Gasteiger partial charge < -0.3 is 9.47 Å². The molecular formula is C21H23N3O6S2. The van der Waals surface area contributed by atoms with Crippen molar-refractivity contribution in [3.63, 3.8) is 0 Å². The number of hydrogen-bond donors (Lipinski definition) is 0. The lowest BCUT2D eigenvalue weighted by Crippen LogP contribution is -2.50. The molecule has 2 heterocycles. The molecule has 0 radical (unpaired) electrons. The largest absolute Gasteiger partial charge is 0.493 e. The quantitative estimate of drug-likeness (QED) is 0.534. The van der Waals surface area contributed by atoms with E-state index in [0.717, 1.165) is 5.39 Å². The van der Waals surface area contributed by atoms with E-state index in [1.54, 1.807) is 30.5 Å². The van der Waals surface area contributed by atoms with Crippen molar-refractivity contribution in [2.75, 3.05) is 40.4 Å². The van der Waals surface area contributed by atoms with Crippen molar-refractivity contribution in [3.05, 3.63) is 54.7 Å². The minimum Gasteiger partial charge on any atom is -0.493 e. The number of rotatable bonds is 6. The summed E-state index contributed by atoms with van der Waals surface area (Å²) < 4.78 is 65.7. The first-order valence-electron chi connectivity index (χ1n) is 9.85. The molecule has 0 unspecified atom stereocenters. The average molecular weight is 478 g/mol. The molecule has 11 heteroatoms. The van der Waals surface area contributed by atoms with Crippen LogP contribution in [0.3, 0.4) is 0 Å². The summed E-state index contributed by atoms with van der Waals surface area (Å²) in [5.74, 6) is 0.726. The molecule has 32 heavy (non-hydrogen) atoms. The standard InChI is InChI=1S/C21H23N3O6S2/c1-29-18-9-8-17(15-19(18)30-2)31(25,26)23-11-13-24(14-12-23)32(27,28)20-7-3-5-16-6-4-10-22-21(16)20/h3-10,15H,11-14H2,1-2H3. The Morgan fingerprint density at radius 3 is 2.06 bits per heavy atom. The van der Waals surface area contributed by atoms with Gasteiger partial charge in [-0.2, -0.15) is 8.61 Å². The summed E-state index contributed by atoms with van der Waals surface area (Å²) in [7, 11) is -4.75. The van der Waals surface area contributed by atoms with Gasteiger partial charge in [-0.3, -0.25) is 4.98 Å². The molecule has 0 N–H and O–H groups in total. The summed E-state index contributed by atoms with van der Waals surface area (Å²) in [5.41, 5.74) is 0.398. The zero-order chi connectivity index (χ0) is 22.9. The molecule has 9 nitrogen and oxygen atoms in total. The SMILES string of the molecule is COc1ccc(S(=O)(=O)N2CCN(S(=O)(=O)c3cccc4cccnc34)CC2)cc1OC. The van der Waals surface area contributed by atoms with Crippen molar-refractivity contribution in [2.45, 2.75) is 9.79 Å². The number of pyridine rings is 1. The Morgan fingerprint density at radius 1 is 0.781 bits per heavy atom. The molecule has 2 aromatic carbocycles. The van der Waals surface area contributed by atoms with Gasteiger partial charge >= 0.3 is 0 Å². The molecule has 0 aliphatic carbocycles. The summed E-state index contributed by atoms with van der Waals surface area (Å²) in [5, 5.41) is 0.725. The molecule has 1 aliphatic heterocycles. The normalized spacial score (nSPS) is 16.2. The van der Waals surface area contributed by atoms with E-state index in [-0.39, 0.29) is 36.0 Å². The second-order valence-electron chi connectivity index (χ2n) is 7.16. The summed E-state index contributed by atoms with van der Waals surface area (Å²) >= 11 is 0. The van der Waals surface area contributed by atoms with Crippen LogP contribution in [0.25, 0.3) is 10.9 Å². The highest BCUT2D eigenvalue weighted by atomic mass is 32.2. The molecule has 1 aliphatic rings. The molecule has 0 bridgehead atoms. The van der Waals surface area contributed by atoms with Crippen LogP contribution >= 0.6 is 0 Å². The van der Waals surface area contributed by atoms with E-state index in [1.165, 1.54) is 47.1 Å². The third-order valence-corrected chi connectivity index (χ3v) is 9.23. The van der Waals surface area contributed by atoms with Crippen LogP contribution in [0.4, 0.5) is 0 Å². The van der Waals surface area contributed by atoms with Crippen LogP contribution in [0.1, 0.15) is 0 Å². The Hall–Kier alpha value is -2.73. The Bertz CT molecular complexity index is 1350. The number of methoxy groups -OCH3 is 2. The fourth-order valence-corrected chi connectivity index (χ4v) is 6.73. The number of aromatic nitrogens is 1. The van der Waals surface area contributed by atoms with Gasteiger partial charge in [-0.1, -0.05) is 18.2 Å². The topological polar surface area (TPSA) is 106 Å². The number of benzene rings is 2. The Morgan fingerprint density at radius 2 is 1.41 bits per heavy atom. The highest BCUT2D eigenvalue weighted by Gasteiger charge is 2.35. The van der Waals surface area contributed by atoms with Crippen molar-refractivity contribution in [3.8, 4) is 11.5 Å². The summed E-state index contributed by atoms with van der Waals surface area (Å²) in [6, 6.07) is 12.9. The maximum absolute atomic E-state index is 13.3. The predicted molar refractivity (Wildman–Crippen MR) is 119 cm³/mol. The molecular weight excluding hydrogens is 454 g/mol. The van der Waals surface area contributed by atoms with Gasteiger partial charge in [0, 0.05) is 43.8 Å². The molecule has 170 valence electrons. The Kier molecular flexibility index (Phi) is 6.08. The van der Waals surface area contributed by atoms with Gasteiger partial charge in [-0.25, -0.2) is 16.8 Å². The van der Waals surface area contributed by atoms with E-state index in [0.29, 0.717) is 17.0 Å². The van der Waals surface area contributed by atoms with Crippen molar-refractivity contribution >= 4 is 30.9 Å². The van der Waals surface area contributed by atoms with E-state index in [2.05, 4.69) is 4.98 Å². The van der Waals surface area contributed by atoms with Gasteiger partial charge in [0.1, 0.15) is 4.90 Å². The molecule has 1 aromatic heterocycles. The van der Waals surface area contributed by atoms with E-state index in [9.17, 15) is 16.8 Å². The van der Waals surface area contributed by atoms with Crippen molar-refractivity contribution in [1.82, 2.24) is 13.6 Å². The number of hydrogen-bond acceptors (Lipinski definition) is 7. The van der Waals surface area contributed by atoms with Gasteiger partial charge in [0.05, 0.1) is 24.6 Å². The van der Waals surface area contributed by atoms with Crippen LogP contribution in [-0.4, -0.2) is 70.8 Å². The lowest BCUT2D eigenvalue weighted by atomic mass is 10.2. The van der Waals surface area contributed by atoms with Crippen LogP contribution < -0.4 is 9.47 Å². The number of fused-ring (bicyclic) bond motifs is 1. The first kappa shape index (κ1) is 22.5. The van der Waals surface area contributed by atoms with Crippen LogP contribution in [0, 0.1) is 0 Å². The lowest BCUT2D eigenvalue weighted by Gasteiger charge is -2.33. The maximum Gasteiger partial charge on any atom is 0.245 e. The minimum atomic E-state index is -3.83. The molecule has 1 fully saturated rings. The number of nitrogens with zero attached hydrogens (tertiary/aromatic N) is 3. The van der Waals surface area contributed by atoms with E-state index in [1.807, 2.05) is 0 Å². The van der Waals surface area contributed by atoms with Crippen LogP contribution in [0.2, 0.25) is 0 Å². The number of piperazine rings is 1. The lowest BCUT2D eigenvalue weighted by molar-refractivity contribution is 0.273. The second kappa shape index (κ2) is 8.66. The van der Waals surface area contributed by atoms with E-state index < -0.39 is 20.0 Å². The Balaban J connectivity index is 1.56. The number of ether oxygens (including phenoxy) is 2. The minimum absolute atomic E-state index is 0.0358. The zero-order valence-corrected chi connectivity index (χ0v) is 19.3. The monoisotopic (exact) mass is 477 g/mol. The molecule has 0 spiro atoms. The zero-order valence-electron chi connectivity index (χ0n) is 17.6. The van der Waals surface area contributed by atoms with Gasteiger partial charge in [0.2, 0.25) is 20.0 Å². The summed E-state index contributed by atoms with van der Waals surface area (Å²) in [4.78, 5) is 4.41. The molecule has 0 amide bonds. The first-order chi connectivity index (χ1) is 15.3. The third kappa shape index (κ3) is 3.92. The van der Waals surface area contributed by atoms with Crippen LogP contribution in [-0.2, 0) is 20.0 Å². The molecule has 3 aromatic rings. The highest BCUT2D eigenvalue weighted by Crippen LogP contribution is 2.31. The van der Waals surface area contributed by atoms with Crippen LogP contribution in [0.15, 0.2) is 64.5 Å². The Labute approximate surface area is 187 Å². The number of para-hydroxylation sites is 1. The summed E-state index contributed by atoms with van der Waals surface area (Å²) in [6.45, 7) is 0.151. The van der Waals surface area contributed by atoms with Gasteiger partial charge in [0.15, 0.2) is 11.5 Å². The maximum atomic E-state index is 13.3. The molecule has 1 saturated heterocycles. The highest BCUT2D eigenvalue weighted by molar-refractivity contribution is 7.89. The van der Waals surface area contributed by atoms with Gasteiger partial charge in [-0.15, -0.1) is 0 Å². The van der Waals surface area contributed by atoms with Crippen molar-refractivity contribution in [2.24, 2.45) is 0 Å².